The number of hydrogen-bond donors (Lipinski definition) is 0. The van der Waals surface area contributed by atoms with Crippen LogP contribution in [0, 0.1) is 0 Å². The predicted octanol–water partition coefficient (Wildman–Crippen LogP) is 5.79. The molecule has 0 saturated carbocycles. The summed E-state index contributed by atoms with van der Waals surface area (Å²) < 4.78 is 13.0. The number of amides is 1. The molecule has 1 aliphatic heterocycles. The lowest BCUT2D eigenvalue weighted by Crippen LogP contribution is -2.27. The van der Waals surface area contributed by atoms with Gasteiger partial charge in [0.25, 0.3) is 11.5 Å². The standard InChI is InChI=1S/C23H13Cl2N3O4S2/c24-13-6-7-17(16(25)10-13)32-20-15(21(29)27-8-2-1-5-19(27)26-20)11-18-22(30)28(23(33)34-18)12-14-4-3-9-31-14/h1-11H,12H2/b18-11+. The van der Waals surface area contributed by atoms with E-state index in [4.69, 9.17) is 44.6 Å². The first-order chi connectivity index (χ1) is 16.4. The Morgan fingerprint density at radius 2 is 2.00 bits per heavy atom. The highest BCUT2D eigenvalue weighted by Gasteiger charge is 2.33. The van der Waals surface area contributed by atoms with Crippen molar-refractivity contribution in [2.24, 2.45) is 0 Å². The van der Waals surface area contributed by atoms with Crippen LogP contribution in [0.25, 0.3) is 11.7 Å². The molecule has 0 N–H and O–H groups in total. The van der Waals surface area contributed by atoms with E-state index in [-0.39, 0.29) is 39.6 Å². The highest BCUT2D eigenvalue weighted by Crippen LogP contribution is 2.36. The Kier molecular flexibility index (Phi) is 6.18. The van der Waals surface area contributed by atoms with Crippen LogP contribution in [-0.4, -0.2) is 24.5 Å². The zero-order valence-corrected chi connectivity index (χ0v) is 20.2. The van der Waals surface area contributed by atoms with Crippen molar-refractivity contribution in [3.63, 3.8) is 0 Å². The summed E-state index contributed by atoms with van der Waals surface area (Å²) in [7, 11) is 0. The molecule has 170 valence electrons. The highest BCUT2D eigenvalue weighted by molar-refractivity contribution is 8.26. The molecule has 0 spiro atoms. The zero-order chi connectivity index (χ0) is 23.8. The third kappa shape index (κ3) is 4.35. The van der Waals surface area contributed by atoms with E-state index in [1.54, 1.807) is 48.7 Å². The molecule has 1 aliphatic rings. The summed E-state index contributed by atoms with van der Waals surface area (Å²) in [6, 6.07) is 13.3. The van der Waals surface area contributed by atoms with Crippen molar-refractivity contribution in [2.75, 3.05) is 0 Å². The number of hydrogen-bond acceptors (Lipinski definition) is 7. The first-order valence-corrected chi connectivity index (χ1v) is 11.8. The van der Waals surface area contributed by atoms with Crippen molar-refractivity contribution in [1.29, 1.82) is 0 Å². The van der Waals surface area contributed by atoms with Crippen molar-refractivity contribution in [2.45, 2.75) is 6.54 Å². The monoisotopic (exact) mass is 529 g/mol. The average molecular weight is 530 g/mol. The molecule has 0 aliphatic carbocycles. The average Bonchev–Trinajstić information content (AvgIpc) is 3.42. The van der Waals surface area contributed by atoms with E-state index in [0.717, 1.165) is 11.8 Å². The summed E-state index contributed by atoms with van der Waals surface area (Å²) in [5.41, 5.74) is 0.0327. The summed E-state index contributed by atoms with van der Waals surface area (Å²) in [6.45, 7) is 0.188. The number of halogens is 2. The van der Waals surface area contributed by atoms with Gasteiger partial charge in [-0.1, -0.05) is 53.2 Å². The number of pyridine rings is 1. The second-order valence-electron chi connectivity index (χ2n) is 7.09. The minimum absolute atomic E-state index is 0.00303. The molecule has 0 radical (unpaired) electrons. The van der Waals surface area contributed by atoms with Crippen LogP contribution in [0.1, 0.15) is 11.3 Å². The third-order valence-corrected chi connectivity index (χ3v) is 6.79. The number of ether oxygens (including phenoxy) is 1. The van der Waals surface area contributed by atoms with Gasteiger partial charge in [-0.25, -0.2) is 0 Å². The first-order valence-electron chi connectivity index (χ1n) is 9.83. The molecule has 1 saturated heterocycles. The smallest absolute Gasteiger partial charge is 0.269 e. The van der Waals surface area contributed by atoms with Gasteiger partial charge in [-0.2, -0.15) is 4.98 Å². The second-order valence-corrected chi connectivity index (χ2v) is 9.61. The van der Waals surface area contributed by atoms with Gasteiger partial charge in [-0.3, -0.25) is 18.9 Å². The number of carbonyl (C=O) groups excluding carboxylic acids is 1. The Morgan fingerprint density at radius 3 is 2.76 bits per heavy atom. The number of nitrogens with zero attached hydrogens (tertiary/aromatic N) is 3. The summed E-state index contributed by atoms with van der Waals surface area (Å²) in [5.74, 6) is 0.501. The van der Waals surface area contributed by atoms with Gasteiger partial charge in [0.15, 0.2) is 0 Å². The lowest BCUT2D eigenvalue weighted by molar-refractivity contribution is -0.122. The number of fused-ring (bicyclic) bond motifs is 1. The first kappa shape index (κ1) is 22.7. The third-order valence-electron chi connectivity index (χ3n) is 4.88. The molecular formula is C23H13Cl2N3O4S2. The van der Waals surface area contributed by atoms with Crippen LogP contribution >= 0.6 is 47.2 Å². The number of aromatic nitrogens is 2. The van der Waals surface area contributed by atoms with Gasteiger partial charge >= 0.3 is 0 Å². The molecule has 1 amide bonds. The summed E-state index contributed by atoms with van der Waals surface area (Å²) in [4.78, 5) is 32.6. The van der Waals surface area contributed by atoms with Crippen LogP contribution in [0.4, 0.5) is 0 Å². The molecule has 0 bridgehead atoms. The van der Waals surface area contributed by atoms with Crippen molar-refractivity contribution >= 4 is 69.1 Å². The maximum absolute atomic E-state index is 13.4. The van der Waals surface area contributed by atoms with E-state index in [9.17, 15) is 9.59 Å². The number of thiocarbonyl (C=S) groups is 1. The van der Waals surface area contributed by atoms with Crippen molar-refractivity contribution in [1.82, 2.24) is 14.3 Å². The van der Waals surface area contributed by atoms with Crippen molar-refractivity contribution < 1.29 is 13.9 Å². The maximum Gasteiger partial charge on any atom is 0.269 e. The van der Waals surface area contributed by atoms with Crippen LogP contribution in [0.2, 0.25) is 10.0 Å². The molecular weight excluding hydrogens is 517 g/mol. The summed E-state index contributed by atoms with van der Waals surface area (Å²) >= 11 is 18.7. The molecule has 5 rings (SSSR count). The fourth-order valence-corrected chi connectivity index (χ4v) is 4.96. The SMILES string of the molecule is O=C1/C(=C\c2c(Oc3ccc(Cl)cc3Cl)nc3ccccn3c2=O)SC(=S)N1Cc1ccco1. The van der Waals surface area contributed by atoms with Crippen LogP contribution in [0.3, 0.4) is 0 Å². The number of furan rings is 1. The Balaban J connectivity index is 1.59. The summed E-state index contributed by atoms with van der Waals surface area (Å²) in [6.07, 6.45) is 4.55. The number of benzene rings is 1. The number of thioether (sulfide) groups is 1. The fraction of sp³-hybridized carbons (Fsp3) is 0.0435. The second kappa shape index (κ2) is 9.27. The Morgan fingerprint density at radius 1 is 1.15 bits per heavy atom. The lowest BCUT2D eigenvalue weighted by Gasteiger charge is -2.12. The van der Waals surface area contributed by atoms with Crippen LogP contribution in [0.5, 0.6) is 11.6 Å². The van der Waals surface area contributed by atoms with Crippen molar-refractivity contribution in [3.05, 3.63) is 97.6 Å². The van der Waals surface area contributed by atoms with Gasteiger partial charge in [0.2, 0.25) is 5.88 Å². The molecule has 1 fully saturated rings. The molecule has 11 heteroatoms. The fourth-order valence-electron chi connectivity index (χ4n) is 3.27. The van der Waals surface area contributed by atoms with Crippen molar-refractivity contribution in [3.8, 4) is 11.6 Å². The Labute approximate surface area is 212 Å². The molecule has 4 heterocycles. The van der Waals surface area contributed by atoms with Gasteiger partial charge in [0.1, 0.15) is 27.0 Å². The highest BCUT2D eigenvalue weighted by atomic mass is 35.5. The van der Waals surface area contributed by atoms with Gasteiger partial charge in [0.05, 0.1) is 22.7 Å². The molecule has 3 aromatic heterocycles. The van der Waals surface area contributed by atoms with E-state index >= 15 is 0 Å². The lowest BCUT2D eigenvalue weighted by atomic mass is 10.2. The Hall–Kier alpha value is -3.11. The van der Waals surface area contributed by atoms with Gasteiger partial charge in [0, 0.05) is 11.2 Å². The molecule has 34 heavy (non-hydrogen) atoms. The summed E-state index contributed by atoms with van der Waals surface area (Å²) in [5, 5.41) is 0.683. The van der Waals surface area contributed by atoms with Gasteiger partial charge in [-0.05, 0) is 48.5 Å². The number of carbonyl (C=O) groups is 1. The minimum atomic E-state index is -0.415. The van der Waals surface area contributed by atoms with Gasteiger partial charge in [-0.15, -0.1) is 0 Å². The molecule has 0 unspecified atom stereocenters. The van der Waals surface area contributed by atoms with E-state index in [1.165, 1.54) is 27.7 Å². The molecule has 1 aromatic carbocycles. The quantitative estimate of drug-likeness (QED) is 0.239. The van der Waals surface area contributed by atoms with Gasteiger partial charge < -0.3 is 9.15 Å². The molecule has 0 atom stereocenters. The van der Waals surface area contributed by atoms with Crippen LogP contribution in [0.15, 0.2) is 75.1 Å². The predicted molar refractivity (Wildman–Crippen MR) is 135 cm³/mol. The van der Waals surface area contributed by atoms with Crippen LogP contribution in [-0.2, 0) is 11.3 Å². The largest absolute Gasteiger partial charge is 0.467 e. The van der Waals surface area contributed by atoms with E-state index < -0.39 is 5.56 Å². The molecule has 7 nitrogen and oxygen atoms in total. The molecule has 4 aromatic rings. The van der Waals surface area contributed by atoms with E-state index in [1.807, 2.05) is 0 Å². The topological polar surface area (TPSA) is 77.0 Å². The Bertz CT molecular complexity index is 1530. The number of rotatable bonds is 5. The minimum Gasteiger partial charge on any atom is -0.467 e. The van der Waals surface area contributed by atoms with E-state index in [0.29, 0.717) is 20.8 Å². The normalized spacial score (nSPS) is 15.0. The zero-order valence-electron chi connectivity index (χ0n) is 17.1. The maximum atomic E-state index is 13.4. The van der Waals surface area contributed by atoms with Crippen LogP contribution < -0.4 is 10.3 Å². The van der Waals surface area contributed by atoms with E-state index in [2.05, 4.69) is 4.98 Å².